The summed E-state index contributed by atoms with van der Waals surface area (Å²) in [5.74, 6) is 1.65. The molecule has 0 bridgehead atoms. The van der Waals surface area contributed by atoms with Crippen molar-refractivity contribution >= 4 is 33.7 Å². The van der Waals surface area contributed by atoms with Crippen molar-refractivity contribution in [3.63, 3.8) is 0 Å². The van der Waals surface area contributed by atoms with E-state index in [0.717, 1.165) is 78.2 Å². The number of nitrogens with one attached hydrogen (secondary N) is 2. The van der Waals surface area contributed by atoms with E-state index in [1.54, 1.807) is 0 Å². The summed E-state index contributed by atoms with van der Waals surface area (Å²) in [6.45, 7) is 0. The summed E-state index contributed by atoms with van der Waals surface area (Å²) >= 11 is 0. The number of aromatic nitrogens is 2. The van der Waals surface area contributed by atoms with Crippen LogP contribution < -0.4 is 26.7 Å². The maximum absolute atomic E-state index is 11.3. The molecule has 0 saturated carbocycles. The van der Waals surface area contributed by atoms with Crippen LogP contribution in [0, 0.1) is 0 Å². The van der Waals surface area contributed by atoms with Gasteiger partial charge in [-0.2, -0.15) is 0 Å². The Hall–Kier alpha value is -7.14. The van der Waals surface area contributed by atoms with Gasteiger partial charge < -0.3 is 41.7 Å². The standard InChI is InChI=1S/C23H21N3O2.C23H20N2O3/c24-21(23(25)27)13-17-14-26-22-11-8-16(12-20(17)22)15-6-9-19(10-7-15)28-18-4-2-1-3-5-18;24-21(23(26)27)13-17-14-25-22-11-8-16(12-20(17)22)15-6-9-19(10-7-15)28-18-4-2-1-3-5-18/h1-12,14,21,26H,13,24H2,(H2,25,27);1-12,14,21,25H,13,24H2,(H,26,27). The number of para-hydroxylation sites is 2. The van der Waals surface area contributed by atoms with Gasteiger partial charge in [-0.3, -0.25) is 9.59 Å². The molecule has 0 aliphatic rings. The number of primary amides is 1. The highest BCUT2D eigenvalue weighted by molar-refractivity contribution is 5.90. The van der Waals surface area contributed by atoms with E-state index in [2.05, 4.69) is 28.2 Å². The van der Waals surface area contributed by atoms with E-state index in [1.165, 1.54) is 0 Å². The maximum atomic E-state index is 11.3. The molecule has 0 aliphatic carbocycles. The number of hydrogen-bond acceptors (Lipinski definition) is 6. The van der Waals surface area contributed by atoms with Crippen LogP contribution in [0.15, 0.2) is 158 Å². The summed E-state index contributed by atoms with van der Waals surface area (Å²) in [5, 5.41) is 11.1. The molecule has 8 rings (SSSR count). The summed E-state index contributed by atoms with van der Waals surface area (Å²) < 4.78 is 11.7. The Kier molecular flexibility index (Phi) is 11.2. The summed E-state index contributed by atoms with van der Waals surface area (Å²) in [5.41, 5.74) is 24.9. The van der Waals surface area contributed by atoms with Gasteiger partial charge in [0.05, 0.1) is 6.04 Å². The minimum atomic E-state index is -1.00. The fourth-order valence-corrected chi connectivity index (χ4v) is 6.40. The van der Waals surface area contributed by atoms with Crippen LogP contribution in [0.2, 0.25) is 0 Å². The number of carboxylic acids is 1. The largest absolute Gasteiger partial charge is 0.480 e. The number of carboxylic acid groups (broad SMARTS) is 1. The van der Waals surface area contributed by atoms with E-state index in [0.29, 0.717) is 6.42 Å². The lowest BCUT2D eigenvalue weighted by atomic mass is 10.00. The second kappa shape index (κ2) is 16.9. The van der Waals surface area contributed by atoms with Crippen LogP contribution in [0.5, 0.6) is 23.0 Å². The Balaban J connectivity index is 0.000000172. The van der Waals surface area contributed by atoms with Gasteiger partial charge in [-0.15, -0.1) is 0 Å². The third-order valence-electron chi connectivity index (χ3n) is 9.43. The predicted octanol–water partition coefficient (Wildman–Crippen LogP) is 8.56. The number of amides is 1. The van der Waals surface area contributed by atoms with Crippen LogP contribution in [0.1, 0.15) is 11.1 Å². The number of rotatable bonds is 12. The van der Waals surface area contributed by atoms with Crippen LogP contribution in [0.4, 0.5) is 0 Å². The van der Waals surface area contributed by atoms with Gasteiger partial charge in [-0.1, -0.05) is 72.8 Å². The number of H-pyrrole nitrogens is 2. The summed E-state index contributed by atoms with van der Waals surface area (Å²) in [4.78, 5) is 28.8. The van der Waals surface area contributed by atoms with E-state index >= 15 is 0 Å². The molecule has 2 aromatic heterocycles. The van der Waals surface area contributed by atoms with Crippen LogP contribution in [-0.4, -0.2) is 39.0 Å². The lowest BCUT2D eigenvalue weighted by Gasteiger charge is -2.08. The molecule has 2 heterocycles. The molecule has 56 heavy (non-hydrogen) atoms. The molecule has 0 saturated heterocycles. The zero-order chi connectivity index (χ0) is 39.0. The van der Waals surface area contributed by atoms with Crippen molar-refractivity contribution in [3.05, 3.63) is 169 Å². The monoisotopic (exact) mass is 743 g/mol. The molecule has 280 valence electrons. The highest BCUT2D eigenvalue weighted by Gasteiger charge is 2.16. The number of fused-ring (bicyclic) bond motifs is 2. The van der Waals surface area contributed by atoms with Crippen LogP contribution in [0.3, 0.4) is 0 Å². The number of ether oxygens (including phenoxy) is 2. The number of carbonyl (C=O) groups excluding carboxylic acids is 1. The molecule has 2 atom stereocenters. The van der Waals surface area contributed by atoms with Crippen LogP contribution in [0.25, 0.3) is 44.1 Å². The lowest BCUT2D eigenvalue weighted by Crippen LogP contribution is -2.38. The van der Waals surface area contributed by atoms with Gasteiger partial charge in [0.1, 0.15) is 29.0 Å². The van der Waals surface area contributed by atoms with Crippen molar-refractivity contribution in [2.75, 3.05) is 0 Å². The molecule has 1 amide bonds. The van der Waals surface area contributed by atoms with Crippen molar-refractivity contribution in [3.8, 4) is 45.3 Å². The van der Waals surface area contributed by atoms with Gasteiger partial charge in [0.25, 0.3) is 0 Å². The first-order chi connectivity index (χ1) is 27.2. The van der Waals surface area contributed by atoms with E-state index in [-0.39, 0.29) is 6.42 Å². The fraction of sp³-hybridized carbons (Fsp3) is 0.0870. The van der Waals surface area contributed by atoms with Crippen LogP contribution >= 0.6 is 0 Å². The number of aromatic amines is 2. The molecule has 10 heteroatoms. The summed E-state index contributed by atoms with van der Waals surface area (Å²) in [7, 11) is 0. The highest BCUT2D eigenvalue weighted by atomic mass is 16.5. The van der Waals surface area contributed by atoms with Crippen molar-refractivity contribution in [1.29, 1.82) is 0 Å². The molecule has 0 fully saturated rings. The lowest BCUT2D eigenvalue weighted by molar-refractivity contribution is -0.138. The summed E-state index contributed by atoms with van der Waals surface area (Å²) in [6, 6.07) is 45.8. The normalized spacial score (nSPS) is 12.0. The second-order valence-electron chi connectivity index (χ2n) is 13.4. The molecule has 8 aromatic rings. The highest BCUT2D eigenvalue weighted by Crippen LogP contribution is 2.31. The topological polar surface area (TPSA) is 182 Å². The van der Waals surface area contributed by atoms with Crippen molar-refractivity contribution in [1.82, 2.24) is 9.97 Å². The first kappa shape index (κ1) is 37.2. The molecule has 2 unspecified atom stereocenters. The van der Waals surface area contributed by atoms with Gasteiger partial charge in [0.2, 0.25) is 5.91 Å². The minimum Gasteiger partial charge on any atom is -0.480 e. The number of nitrogens with two attached hydrogens (primary N) is 3. The average molecular weight is 744 g/mol. The molecule has 0 aliphatic heterocycles. The molecule has 0 spiro atoms. The molecule has 10 nitrogen and oxygen atoms in total. The smallest absolute Gasteiger partial charge is 0.320 e. The van der Waals surface area contributed by atoms with E-state index in [4.69, 9.17) is 31.8 Å². The van der Waals surface area contributed by atoms with Gasteiger partial charge >= 0.3 is 5.97 Å². The van der Waals surface area contributed by atoms with E-state index in [9.17, 15) is 9.59 Å². The fourth-order valence-electron chi connectivity index (χ4n) is 6.40. The average Bonchev–Trinajstić information content (AvgIpc) is 3.82. The van der Waals surface area contributed by atoms with E-state index in [1.807, 2.05) is 140 Å². The Morgan fingerprint density at radius 2 is 0.893 bits per heavy atom. The first-order valence-electron chi connectivity index (χ1n) is 18.1. The minimum absolute atomic E-state index is 0.280. The van der Waals surface area contributed by atoms with E-state index < -0.39 is 24.0 Å². The third kappa shape index (κ3) is 8.96. The SMILES string of the molecule is NC(=O)C(N)Cc1c[nH]c2ccc(-c3ccc(Oc4ccccc4)cc3)cc12.NC(Cc1c[nH]c2ccc(-c3ccc(Oc4ccccc4)cc3)cc12)C(=O)O. The number of hydrogen-bond donors (Lipinski definition) is 6. The van der Waals surface area contributed by atoms with Gasteiger partial charge in [-0.05, 0) is 113 Å². The second-order valence-corrected chi connectivity index (χ2v) is 13.4. The first-order valence-corrected chi connectivity index (χ1v) is 18.1. The molecular weight excluding hydrogens is 703 g/mol. The third-order valence-corrected chi connectivity index (χ3v) is 9.43. The van der Waals surface area contributed by atoms with Crippen LogP contribution in [-0.2, 0) is 22.4 Å². The van der Waals surface area contributed by atoms with Gasteiger partial charge in [0.15, 0.2) is 0 Å². The quantitative estimate of drug-likeness (QED) is 0.0724. The Morgan fingerprint density at radius 1 is 0.518 bits per heavy atom. The zero-order valence-electron chi connectivity index (χ0n) is 30.4. The molecule has 9 N–H and O–H groups in total. The van der Waals surface area contributed by atoms with Gasteiger partial charge in [-0.25, -0.2) is 0 Å². The summed E-state index contributed by atoms with van der Waals surface area (Å²) in [6.07, 6.45) is 4.40. The number of carbonyl (C=O) groups is 2. The molecule has 6 aromatic carbocycles. The molecule has 0 radical (unpaired) electrons. The van der Waals surface area contributed by atoms with Crippen molar-refractivity contribution < 1.29 is 24.2 Å². The van der Waals surface area contributed by atoms with Crippen molar-refractivity contribution in [2.24, 2.45) is 17.2 Å². The Labute approximate surface area is 323 Å². The maximum Gasteiger partial charge on any atom is 0.320 e. The Morgan fingerprint density at radius 3 is 1.29 bits per heavy atom. The number of aliphatic carboxylic acids is 1. The zero-order valence-corrected chi connectivity index (χ0v) is 30.4. The predicted molar refractivity (Wildman–Crippen MR) is 221 cm³/mol. The van der Waals surface area contributed by atoms with Crippen molar-refractivity contribution in [2.45, 2.75) is 24.9 Å². The number of benzene rings is 6. The molecular formula is C46H41N5O5. The van der Waals surface area contributed by atoms with Gasteiger partial charge in [0, 0.05) is 40.6 Å². The Bertz CT molecular complexity index is 2390.